The van der Waals surface area contributed by atoms with Crippen molar-refractivity contribution in [1.29, 1.82) is 0 Å². The summed E-state index contributed by atoms with van der Waals surface area (Å²) in [6, 6.07) is 3.98. The maximum atomic E-state index is 5.88. The van der Waals surface area contributed by atoms with Crippen LogP contribution in [0.25, 0.3) is 0 Å². The lowest BCUT2D eigenvalue weighted by atomic mass is 9.96. The van der Waals surface area contributed by atoms with Crippen molar-refractivity contribution in [2.45, 2.75) is 58.1 Å². The van der Waals surface area contributed by atoms with Crippen LogP contribution in [0, 0.1) is 6.92 Å². The van der Waals surface area contributed by atoms with Gasteiger partial charge in [0, 0.05) is 24.4 Å². The van der Waals surface area contributed by atoms with E-state index >= 15 is 0 Å². The number of ether oxygens (including phenoxy) is 1. The highest BCUT2D eigenvalue weighted by molar-refractivity contribution is 5.50. The smallest absolute Gasteiger partial charge is 0.136 e. The van der Waals surface area contributed by atoms with Gasteiger partial charge in [0.1, 0.15) is 17.4 Å². The van der Waals surface area contributed by atoms with Gasteiger partial charge in [0.15, 0.2) is 0 Å². The van der Waals surface area contributed by atoms with Crippen LogP contribution in [-0.2, 0) is 24.1 Å². The van der Waals surface area contributed by atoms with E-state index in [4.69, 9.17) is 19.1 Å². The zero-order chi connectivity index (χ0) is 16.4. The second-order valence-corrected chi connectivity index (χ2v) is 6.82. The minimum absolute atomic E-state index is 0.287. The number of hydrogen-bond donors (Lipinski definition) is 0. The van der Waals surface area contributed by atoms with E-state index in [1.54, 1.807) is 6.26 Å². The van der Waals surface area contributed by atoms with Crippen LogP contribution in [0.3, 0.4) is 0 Å². The summed E-state index contributed by atoms with van der Waals surface area (Å²) in [4.78, 5) is 11.9. The van der Waals surface area contributed by atoms with Crippen LogP contribution >= 0.6 is 0 Å². The first-order valence-electron chi connectivity index (χ1n) is 9.05. The van der Waals surface area contributed by atoms with Crippen LogP contribution in [-0.4, -0.2) is 29.2 Å². The Morgan fingerprint density at radius 1 is 1.21 bits per heavy atom. The molecular formula is C19H25N3O2. The standard InChI is InChI=1S/C19H25N3O2/c1-14-20-18-9-3-2-8-17(18)19(21-14)22(12-15-6-4-10-23-15)13-16-7-5-11-24-16/h4,6,10,16H,2-3,5,7-9,11-13H2,1H3. The molecule has 1 saturated heterocycles. The third kappa shape index (κ3) is 3.31. The predicted octanol–water partition coefficient (Wildman–Crippen LogP) is 3.44. The first kappa shape index (κ1) is 15.6. The molecule has 1 aliphatic heterocycles. The molecule has 128 valence electrons. The fourth-order valence-corrected chi connectivity index (χ4v) is 3.81. The molecule has 0 amide bonds. The van der Waals surface area contributed by atoms with Crippen LogP contribution in [0.5, 0.6) is 0 Å². The van der Waals surface area contributed by atoms with E-state index in [9.17, 15) is 0 Å². The highest BCUT2D eigenvalue weighted by Crippen LogP contribution is 2.30. The number of nitrogens with zero attached hydrogens (tertiary/aromatic N) is 3. The van der Waals surface area contributed by atoms with Crippen LogP contribution in [0.1, 0.15) is 48.5 Å². The topological polar surface area (TPSA) is 51.4 Å². The first-order chi connectivity index (χ1) is 11.8. The zero-order valence-corrected chi connectivity index (χ0v) is 14.3. The van der Waals surface area contributed by atoms with E-state index in [0.29, 0.717) is 0 Å². The molecule has 1 atom stereocenters. The Hall–Kier alpha value is -1.88. The second-order valence-electron chi connectivity index (χ2n) is 6.82. The number of hydrogen-bond acceptors (Lipinski definition) is 5. The van der Waals surface area contributed by atoms with Gasteiger partial charge in [-0.2, -0.15) is 0 Å². The lowest BCUT2D eigenvalue weighted by molar-refractivity contribution is 0.115. The molecule has 2 aliphatic rings. The predicted molar refractivity (Wildman–Crippen MR) is 92.1 cm³/mol. The molecule has 2 aromatic heterocycles. The maximum absolute atomic E-state index is 5.88. The van der Waals surface area contributed by atoms with Gasteiger partial charge in [-0.25, -0.2) is 9.97 Å². The van der Waals surface area contributed by atoms with Crippen LogP contribution in [0.4, 0.5) is 5.82 Å². The number of rotatable bonds is 5. The Kier molecular flexibility index (Phi) is 4.52. The SMILES string of the molecule is Cc1nc2c(c(N(Cc3ccco3)CC3CCCO3)n1)CCCC2. The van der Waals surface area contributed by atoms with E-state index in [1.807, 2.05) is 19.1 Å². The van der Waals surface area contributed by atoms with Gasteiger partial charge < -0.3 is 14.1 Å². The number of aromatic nitrogens is 2. The summed E-state index contributed by atoms with van der Waals surface area (Å²) in [5.74, 6) is 2.92. The van der Waals surface area contributed by atoms with E-state index in [0.717, 1.165) is 62.8 Å². The minimum atomic E-state index is 0.287. The number of furan rings is 1. The Morgan fingerprint density at radius 3 is 2.92 bits per heavy atom. The molecule has 1 aliphatic carbocycles. The molecule has 5 heteroatoms. The Bertz CT molecular complexity index is 678. The average molecular weight is 327 g/mol. The largest absolute Gasteiger partial charge is 0.467 e. The first-order valence-corrected chi connectivity index (χ1v) is 9.05. The molecule has 0 radical (unpaired) electrons. The summed E-state index contributed by atoms with van der Waals surface area (Å²) in [6.07, 6.45) is 8.90. The molecule has 24 heavy (non-hydrogen) atoms. The van der Waals surface area contributed by atoms with E-state index < -0.39 is 0 Å². The van der Waals surface area contributed by atoms with Crippen molar-refractivity contribution in [2.75, 3.05) is 18.1 Å². The van der Waals surface area contributed by atoms with Gasteiger partial charge >= 0.3 is 0 Å². The number of aryl methyl sites for hydroxylation is 2. The maximum Gasteiger partial charge on any atom is 0.136 e. The third-order valence-electron chi connectivity index (χ3n) is 4.95. The normalized spacial score (nSPS) is 20.1. The Labute approximate surface area is 143 Å². The van der Waals surface area contributed by atoms with Crippen LogP contribution in [0.2, 0.25) is 0 Å². The molecular weight excluding hydrogens is 302 g/mol. The molecule has 1 fully saturated rings. The molecule has 2 aromatic rings. The van der Waals surface area contributed by atoms with Crippen LogP contribution in [0.15, 0.2) is 22.8 Å². The van der Waals surface area contributed by atoms with E-state index in [1.165, 1.54) is 24.1 Å². The number of fused-ring (bicyclic) bond motifs is 1. The van der Waals surface area contributed by atoms with Crippen molar-refractivity contribution in [1.82, 2.24) is 9.97 Å². The van der Waals surface area contributed by atoms with Crippen molar-refractivity contribution in [2.24, 2.45) is 0 Å². The zero-order valence-electron chi connectivity index (χ0n) is 14.3. The lowest BCUT2D eigenvalue weighted by Crippen LogP contribution is -2.34. The van der Waals surface area contributed by atoms with Crippen molar-refractivity contribution in [3.8, 4) is 0 Å². The fraction of sp³-hybridized carbons (Fsp3) is 0.579. The Morgan fingerprint density at radius 2 is 2.12 bits per heavy atom. The Balaban J connectivity index is 1.67. The summed E-state index contributed by atoms with van der Waals surface area (Å²) < 4.78 is 11.5. The van der Waals surface area contributed by atoms with Gasteiger partial charge in [0.05, 0.1) is 18.9 Å². The summed E-state index contributed by atoms with van der Waals surface area (Å²) in [5.41, 5.74) is 2.57. The second kappa shape index (κ2) is 6.93. The van der Waals surface area contributed by atoms with Crippen molar-refractivity contribution < 1.29 is 9.15 Å². The summed E-state index contributed by atoms with van der Waals surface area (Å²) in [7, 11) is 0. The summed E-state index contributed by atoms with van der Waals surface area (Å²) in [5, 5.41) is 0. The van der Waals surface area contributed by atoms with Crippen molar-refractivity contribution in [3.63, 3.8) is 0 Å². The van der Waals surface area contributed by atoms with Gasteiger partial charge in [0.2, 0.25) is 0 Å². The van der Waals surface area contributed by atoms with Gasteiger partial charge in [0.25, 0.3) is 0 Å². The quantitative estimate of drug-likeness (QED) is 0.842. The lowest BCUT2D eigenvalue weighted by Gasteiger charge is -2.29. The number of anilines is 1. The summed E-state index contributed by atoms with van der Waals surface area (Å²) >= 11 is 0. The fourth-order valence-electron chi connectivity index (χ4n) is 3.81. The molecule has 3 heterocycles. The molecule has 0 bridgehead atoms. The van der Waals surface area contributed by atoms with Crippen molar-refractivity contribution in [3.05, 3.63) is 41.2 Å². The summed E-state index contributed by atoms with van der Waals surface area (Å²) in [6.45, 7) is 4.47. The van der Waals surface area contributed by atoms with Gasteiger partial charge in [-0.15, -0.1) is 0 Å². The highest BCUT2D eigenvalue weighted by Gasteiger charge is 2.25. The van der Waals surface area contributed by atoms with Crippen molar-refractivity contribution >= 4 is 5.82 Å². The molecule has 0 N–H and O–H groups in total. The third-order valence-corrected chi connectivity index (χ3v) is 4.95. The molecule has 0 spiro atoms. The minimum Gasteiger partial charge on any atom is -0.467 e. The van der Waals surface area contributed by atoms with Gasteiger partial charge in [-0.1, -0.05) is 0 Å². The highest BCUT2D eigenvalue weighted by atomic mass is 16.5. The average Bonchev–Trinajstić information content (AvgIpc) is 3.27. The van der Waals surface area contributed by atoms with Crippen LogP contribution < -0.4 is 4.90 Å². The molecule has 0 aromatic carbocycles. The van der Waals surface area contributed by atoms with Gasteiger partial charge in [-0.05, 0) is 57.6 Å². The molecule has 1 unspecified atom stereocenters. The van der Waals surface area contributed by atoms with Gasteiger partial charge in [-0.3, -0.25) is 0 Å². The van der Waals surface area contributed by atoms with E-state index in [-0.39, 0.29) is 6.10 Å². The van der Waals surface area contributed by atoms with E-state index in [2.05, 4.69) is 4.90 Å². The monoisotopic (exact) mass is 327 g/mol. The molecule has 5 nitrogen and oxygen atoms in total. The molecule has 4 rings (SSSR count). The molecule has 0 saturated carbocycles.